The van der Waals surface area contributed by atoms with Crippen LogP contribution < -0.4 is 9.64 Å². The molecule has 1 amide bonds. The number of aromatic hydroxyl groups is 2. The Bertz CT molecular complexity index is 817. The molecule has 2 aliphatic rings. The summed E-state index contributed by atoms with van der Waals surface area (Å²) in [5, 5.41) is 19.6. The summed E-state index contributed by atoms with van der Waals surface area (Å²) in [7, 11) is 0. The maximum Gasteiger partial charge on any atom is 0.245 e. The van der Waals surface area contributed by atoms with E-state index in [1.165, 1.54) is 12.1 Å². The quantitative estimate of drug-likeness (QED) is 0.836. The number of para-hydroxylation sites is 1. The fraction of sp³-hybridized carbons (Fsp3) is 0.278. The number of benzene rings is 2. The first kappa shape index (κ1) is 13.9. The summed E-state index contributed by atoms with van der Waals surface area (Å²) in [6, 6.07) is 10.5. The van der Waals surface area contributed by atoms with Gasteiger partial charge in [-0.1, -0.05) is 25.1 Å². The van der Waals surface area contributed by atoms with Gasteiger partial charge in [0.15, 0.2) is 11.5 Å². The van der Waals surface area contributed by atoms with Crippen LogP contribution in [0, 0.1) is 0 Å². The molecule has 1 spiro atoms. The van der Waals surface area contributed by atoms with E-state index in [9.17, 15) is 15.0 Å². The van der Waals surface area contributed by atoms with Crippen LogP contribution >= 0.6 is 0 Å². The number of ether oxygens (including phenoxy) is 1. The molecule has 1 unspecified atom stereocenters. The molecule has 0 aromatic heterocycles. The van der Waals surface area contributed by atoms with Crippen molar-refractivity contribution in [2.45, 2.75) is 18.8 Å². The van der Waals surface area contributed by atoms with Gasteiger partial charge in [-0.3, -0.25) is 4.79 Å². The summed E-state index contributed by atoms with van der Waals surface area (Å²) in [5.41, 5.74) is 1.46. The lowest BCUT2D eigenvalue weighted by Crippen LogP contribution is -2.42. The minimum atomic E-state index is -0.938. The highest BCUT2D eigenvalue weighted by atomic mass is 16.5. The molecule has 1 atom stereocenters. The molecule has 5 heteroatoms. The van der Waals surface area contributed by atoms with Crippen LogP contribution in [0.1, 0.15) is 24.5 Å². The number of amides is 1. The number of phenols is 2. The van der Waals surface area contributed by atoms with Crippen molar-refractivity contribution in [2.75, 3.05) is 18.1 Å². The van der Waals surface area contributed by atoms with Crippen molar-refractivity contribution in [1.29, 1.82) is 0 Å². The monoisotopic (exact) mass is 311 g/mol. The molecule has 2 aromatic rings. The Kier molecular flexibility index (Phi) is 2.82. The smallest absolute Gasteiger partial charge is 0.245 e. The zero-order valence-corrected chi connectivity index (χ0v) is 12.7. The molecule has 2 aliphatic heterocycles. The zero-order valence-electron chi connectivity index (χ0n) is 12.7. The molecule has 2 aromatic carbocycles. The second-order valence-electron chi connectivity index (χ2n) is 6.01. The van der Waals surface area contributed by atoms with E-state index in [2.05, 4.69) is 0 Å². The molecule has 2 N–H and O–H groups in total. The summed E-state index contributed by atoms with van der Waals surface area (Å²) in [5.74, 6) is -0.0796. The van der Waals surface area contributed by atoms with Gasteiger partial charge in [0, 0.05) is 23.9 Å². The van der Waals surface area contributed by atoms with Gasteiger partial charge in [0.1, 0.15) is 17.8 Å². The van der Waals surface area contributed by atoms with E-state index in [1.54, 1.807) is 4.90 Å². The van der Waals surface area contributed by atoms with Gasteiger partial charge in [-0.15, -0.1) is 0 Å². The van der Waals surface area contributed by atoms with E-state index in [0.717, 1.165) is 17.7 Å². The highest BCUT2D eigenvalue weighted by Crippen LogP contribution is 2.54. The van der Waals surface area contributed by atoms with Crippen molar-refractivity contribution >= 4 is 11.6 Å². The predicted molar refractivity (Wildman–Crippen MR) is 85.1 cm³/mol. The molecular weight excluding hydrogens is 294 g/mol. The van der Waals surface area contributed by atoms with E-state index in [0.29, 0.717) is 17.9 Å². The number of carbonyl (C=O) groups excluding carboxylic acids is 1. The van der Waals surface area contributed by atoms with Gasteiger partial charge in [0.05, 0.1) is 0 Å². The maximum atomic E-state index is 13.2. The number of hydrogen-bond donors (Lipinski definition) is 2. The van der Waals surface area contributed by atoms with Crippen LogP contribution in [0.2, 0.25) is 0 Å². The molecule has 0 fully saturated rings. The fourth-order valence-corrected chi connectivity index (χ4v) is 3.64. The molecule has 0 aliphatic carbocycles. The Balaban J connectivity index is 1.97. The van der Waals surface area contributed by atoms with Crippen LogP contribution in [-0.2, 0) is 10.2 Å². The molecular formula is C18H17NO4. The molecule has 118 valence electrons. The van der Waals surface area contributed by atoms with Gasteiger partial charge < -0.3 is 19.8 Å². The Hall–Kier alpha value is -2.69. The third-order valence-corrected chi connectivity index (χ3v) is 4.69. The predicted octanol–water partition coefficient (Wildman–Crippen LogP) is 2.53. The normalized spacial score (nSPS) is 21.4. The number of phenolic OH excluding ortho intramolecular Hbond substituents is 2. The highest BCUT2D eigenvalue weighted by molar-refractivity contribution is 6.11. The topological polar surface area (TPSA) is 70.0 Å². The van der Waals surface area contributed by atoms with Gasteiger partial charge in [0.2, 0.25) is 5.91 Å². The average Bonchev–Trinajstić information content (AvgIpc) is 3.02. The Morgan fingerprint density at radius 2 is 1.91 bits per heavy atom. The lowest BCUT2D eigenvalue weighted by Gasteiger charge is -2.22. The molecule has 0 saturated carbocycles. The highest BCUT2D eigenvalue weighted by Gasteiger charge is 2.56. The minimum absolute atomic E-state index is 0.0376. The van der Waals surface area contributed by atoms with E-state index >= 15 is 0 Å². The maximum absolute atomic E-state index is 13.2. The summed E-state index contributed by atoms with van der Waals surface area (Å²) in [6.45, 7) is 2.85. The van der Waals surface area contributed by atoms with Crippen LogP contribution in [0.3, 0.4) is 0 Å². The van der Waals surface area contributed by atoms with Gasteiger partial charge in [-0.2, -0.15) is 0 Å². The second-order valence-corrected chi connectivity index (χ2v) is 6.01. The third-order valence-electron chi connectivity index (χ3n) is 4.69. The first-order valence-corrected chi connectivity index (χ1v) is 7.70. The van der Waals surface area contributed by atoms with Gasteiger partial charge in [-0.05, 0) is 24.1 Å². The van der Waals surface area contributed by atoms with Crippen LogP contribution in [0.25, 0.3) is 0 Å². The Morgan fingerprint density at radius 1 is 1.17 bits per heavy atom. The number of carbonyl (C=O) groups is 1. The number of nitrogens with zero attached hydrogens (tertiary/aromatic N) is 1. The van der Waals surface area contributed by atoms with Crippen LogP contribution in [0.15, 0.2) is 36.4 Å². The van der Waals surface area contributed by atoms with E-state index in [1.807, 2.05) is 31.2 Å². The molecule has 5 nitrogen and oxygen atoms in total. The Labute approximate surface area is 133 Å². The molecule has 0 radical (unpaired) electrons. The van der Waals surface area contributed by atoms with Crippen molar-refractivity contribution in [3.05, 3.63) is 47.5 Å². The molecule has 23 heavy (non-hydrogen) atoms. The summed E-state index contributed by atoms with van der Waals surface area (Å²) in [4.78, 5) is 15.0. The molecule has 0 bridgehead atoms. The average molecular weight is 311 g/mol. The van der Waals surface area contributed by atoms with Crippen molar-refractivity contribution in [3.8, 4) is 17.2 Å². The number of anilines is 1. The second kappa shape index (κ2) is 4.65. The lowest BCUT2D eigenvalue weighted by molar-refractivity contribution is -0.122. The van der Waals surface area contributed by atoms with Crippen molar-refractivity contribution in [1.82, 2.24) is 0 Å². The van der Waals surface area contributed by atoms with Crippen LogP contribution in [0.5, 0.6) is 17.2 Å². The van der Waals surface area contributed by atoms with Crippen molar-refractivity contribution in [2.24, 2.45) is 0 Å². The lowest BCUT2D eigenvalue weighted by atomic mass is 9.77. The van der Waals surface area contributed by atoms with Crippen LogP contribution in [0.4, 0.5) is 5.69 Å². The number of fused-ring (bicyclic) bond motifs is 4. The van der Waals surface area contributed by atoms with Crippen LogP contribution in [-0.4, -0.2) is 29.3 Å². The third kappa shape index (κ3) is 1.64. The van der Waals surface area contributed by atoms with E-state index < -0.39 is 5.41 Å². The van der Waals surface area contributed by atoms with Crippen molar-refractivity contribution < 1.29 is 19.7 Å². The first-order valence-electron chi connectivity index (χ1n) is 7.70. The first-order chi connectivity index (χ1) is 11.1. The van der Waals surface area contributed by atoms with E-state index in [4.69, 9.17) is 4.74 Å². The van der Waals surface area contributed by atoms with Crippen molar-refractivity contribution in [3.63, 3.8) is 0 Å². The number of rotatable bonds is 2. The fourth-order valence-electron chi connectivity index (χ4n) is 3.64. The van der Waals surface area contributed by atoms with E-state index in [-0.39, 0.29) is 24.0 Å². The SMILES string of the molecule is CCCN1C(=O)C2(COc3cc(O)c(O)cc32)c2ccccc21. The summed E-state index contributed by atoms with van der Waals surface area (Å²) < 4.78 is 5.71. The van der Waals surface area contributed by atoms with Gasteiger partial charge in [-0.25, -0.2) is 0 Å². The summed E-state index contributed by atoms with van der Waals surface area (Å²) >= 11 is 0. The standard InChI is InChI=1S/C18H17NO4/c1-2-7-19-13-6-4-3-5-11(13)18(17(19)22)10-23-16-9-15(21)14(20)8-12(16)18/h3-6,8-9,20-21H,2,7,10H2,1H3. The largest absolute Gasteiger partial charge is 0.504 e. The Morgan fingerprint density at radius 3 is 2.70 bits per heavy atom. The minimum Gasteiger partial charge on any atom is -0.504 e. The molecule has 2 heterocycles. The molecule has 4 rings (SSSR count). The number of hydrogen-bond acceptors (Lipinski definition) is 4. The zero-order chi connectivity index (χ0) is 16.2. The summed E-state index contributed by atoms with van der Waals surface area (Å²) in [6.07, 6.45) is 0.852. The molecule has 0 saturated heterocycles. The van der Waals surface area contributed by atoms with Gasteiger partial charge in [0.25, 0.3) is 0 Å². The van der Waals surface area contributed by atoms with Gasteiger partial charge >= 0.3 is 0 Å².